The zero-order valence-corrected chi connectivity index (χ0v) is 18.0. The van der Waals surface area contributed by atoms with Gasteiger partial charge in [-0.15, -0.1) is 0 Å². The Bertz CT molecular complexity index is 1230. The third kappa shape index (κ3) is 4.35. The van der Waals surface area contributed by atoms with Crippen LogP contribution in [0.2, 0.25) is 0 Å². The number of hydrogen-bond donors (Lipinski definition) is 2. The van der Waals surface area contributed by atoms with Crippen LogP contribution in [-0.4, -0.2) is 27.5 Å². The van der Waals surface area contributed by atoms with Crippen LogP contribution in [0.1, 0.15) is 35.8 Å². The Labute approximate surface area is 181 Å². The van der Waals surface area contributed by atoms with Crippen molar-refractivity contribution in [3.8, 4) is 11.5 Å². The smallest absolute Gasteiger partial charge is 0.269 e. The number of aromatic nitrogens is 3. The molecule has 4 aromatic rings. The third-order valence-electron chi connectivity index (χ3n) is 5.11. The molecule has 7 nitrogen and oxygen atoms in total. The van der Waals surface area contributed by atoms with Crippen LogP contribution in [0.15, 0.2) is 60.8 Å². The highest BCUT2D eigenvalue weighted by atomic mass is 16.5. The fraction of sp³-hybridized carbons (Fsp3) is 0.208. The Morgan fingerprint density at radius 1 is 1.03 bits per heavy atom. The van der Waals surface area contributed by atoms with Crippen molar-refractivity contribution < 1.29 is 9.53 Å². The molecule has 0 saturated carbocycles. The second-order valence-electron chi connectivity index (χ2n) is 7.60. The van der Waals surface area contributed by atoms with Crippen molar-refractivity contribution in [3.63, 3.8) is 0 Å². The lowest BCUT2D eigenvalue weighted by molar-refractivity contribution is 0.0958. The molecule has 0 radical (unpaired) electrons. The van der Waals surface area contributed by atoms with E-state index in [2.05, 4.69) is 53.7 Å². The Balaban J connectivity index is 1.57. The molecule has 0 atom stereocenters. The van der Waals surface area contributed by atoms with Crippen molar-refractivity contribution in [2.45, 2.75) is 19.8 Å². The molecule has 2 aromatic carbocycles. The Morgan fingerprint density at radius 2 is 1.77 bits per heavy atom. The highest BCUT2D eigenvalue weighted by Crippen LogP contribution is 2.28. The van der Waals surface area contributed by atoms with Crippen LogP contribution in [0, 0.1) is 0 Å². The fourth-order valence-corrected chi connectivity index (χ4v) is 3.30. The van der Waals surface area contributed by atoms with Crippen LogP contribution in [0.5, 0.6) is 11.5 Å². The second-order valence-corrected chi connectivity index (χ2v) is 7.60. The van der Waals surface area contributed by atoms with Gasteiger partial charge in [-0.2, -0.15) is 0 Å². The molecule has 0 saturated heterocycles. The molecular weight excluding hydrogens is 390 g/mol. The number of amides is 1. The number of pyridine rings is 1. The molecule has 2 heterocycles. The molecular formula is C24H25N5O2. The standard InChI is InChI=1S/C24H25N5O2/c1-15(2)16-5-7-17(8-6-16)27-24-28-20-13-18(9-10-22(20)29(24)4)31-19-11-12-26-21(14-19)23(30)25-3/h5-15H,1-4H3,(H,25,30)(H,27,28). The van der Waals surface area contributed by atoms with E-state index in [-0.39, 0.29) is 5.91 Å². The summed E-state index contributed by atoms with van der Waals surface area (Å²) in [6.07, 6.45) is 1.55. The summed E-state index contributed by atoms with van der Waals surface area (Å²) in [7, 11) is 3.54. The van der Waals surface area contributed by atoms with Crippen molar-refractivity contribution in [1.82, 2.24) is 19.9 Å². The minimum absolute atomic E-state index is 0.261. The monoisotopic (exact) mass is 415 g/mol. The third-order valence-corrected chi connectivity index (χ3v) is 5.11. The van der Waals surface area contributed by atoms with Crippen LogP contribution < -0.4 is 15.4 Å². The highest BCUT2D eigenvalue weighted by Gasteiger charge is 2.11. The lowest BCUT2D eigenvalue weighted by atomic mass is 10.0. The van der Waals surface area contributed by atoms with Gasteiger partial charge in [0.25, 0.3) is 5.91 Å². The van der Waals surface area contributed by atoms with E-state index in [1.807, 2.05) is 29.8 Å². The molecule has 158 valence electrons. The lowest BCUT2D eigenvalue weighted by Crippen LogP contribution is -2.18. The number of aryl methyl sites for hydroxylation is 1. The number of ether oxygens (including phenoxy) is 1. The molecule has 0 bridgehead atoms. The SMILES string of the molecule is CNC(=O)c1cc(Oc2ccc3c(c2)nc(Nc2ccc(C(C)C)cc2)n3C)ccn1. The Hall–Kier alpha value is -3.87. The number of imidazole rings is 1. The summed E-state index contributed by atoms with van der Waals surface area (Å²) in [5.41, 5.74) is 4.37. The Kier molecular flexibility index (Phi) is 5.58. The van der Waals surface area contributed by atoms with Gasteiger partial charge in [-0.25, -0.2) is 4.98 Å². The van der Waals surface area contributed by atoms with Crippen LogP contribution >= 0.6 is 0 Å². The van der Waals surface area contributed by atoms with E-state index in [1.165, 1.54) is 5.56 Å². The van der Waals surface area contributed by atoms with Gasteiger partial charge in [-0.05, 0) is 41.8 Å². The van der Waals surface area contributed by atoms with E-state index in [1.54, 1.807) is 25.4 Å². The van der Waals surface area contributed by atoms with Gasteiger partial charge in [0, 0.05) is 38.1 Å². The first kappa shape index (κ1) is 20.4. The molecule has 0 aliphatic rings. The number of rotatable bonds is 6. The molecule has 4 rings (SSSR count). The predicted octanol–water partition coefficient (Wildman–Crippen LogP) is 4.99. The van der Waals surface area contributed by atoms with E-state index in [0.717, 1.165) is 22.7 Å². The summed E-state index contributed by atoms with van der Waals surface area (Å²) < 4.78 is 7.94. The minimum atomic E-state index is -0.261. The number of carbonyl (C=O) groups is 1. The van der Waals surface area contributed by atoms with Crippen molar-refractivity contribution in [3.05, 3.63) is 72.1 Å². The van der Waals surface area contributed by atoms with Crippen molar-refractivity contribution in [2.24, 2.45) is 7.05 Å². The number of anilines is 2. The van der Waals surface area contributed by atoms with Gasteiger partial charge < -0.3 is 19.9 Å². The number of hydrogen-bond acceptors (Lipinski definition) is 5. The van der Waals surface area contributed by atoms with Gasteiger partial charge in [-0.1, -0.05) is 26.0 Å². The molecule has 2 N–H and O–H groups in total. The van der Waals surface area contributed by atoms with Crippen molar-refractivity contribution >= 4 is 28.6 Å². The lowest BCUT2D eigenvalue weighted by Gasteiger charge is -2.09. The molecule has 0 aliphatic heterocycles. The van der Waals surface area contributed by atoms with Crippen molar-refractivity contribution in [1.29, 1.82) is 0 Å². The molecule has 31 heavy (non-hydrogen) atoms. The van der Waals surface area contributed by atoms with Gasteiger partial charge in [0.2, 0.25) is 5.95 Å². The normalized spacial score (nSPS) is 11.0. The first-order valence-electron chi connectivity index (χ1n) is 10.1. The largest absolute Gasteiger partial charge is 0.457 e. The molecule has 0 unspecified atom stereocenters. The fourth-order valence-electron chi connectivity index (χ4n) is 3.30. The number of fused-ring (bicyclic) bond motifs is 1. The first-order valence-corrected chi connectivity index (χ1v) is 10.1. The van der Waals surface area contributed by atoms with E-state index >= 15 is 0 Å². The number of carbonyl (C=O) groups excluding carboxylic acids is 1. The van der Waals surface area contributed by atoms with E-state index in [0.29, 0.717) is 23.1 Å². The van der Waals surface area contributed by atoms with Gasteiger partial charge in [0.15, 0.2) is 0 Å². The number of nitrogens with one attached hydrogen (secondary N) is 2. The average Bonchev–Trinajstić information content (AvgIpc) is 3.08. The average molecular weight is 415 g/mol. The molecule has 0 spiro atoms. The summed E-state index contributed by atoms with van der Waals surface area (Å²) in [4.78, 5) is 20.6. The first-order chi connectivity index (χ1) is 14.9. The Morgan fingerprint density at radius 3 is 2.48 bits per heavy atom. The maximum atomic E-state index is 11.8. The zero-order valence-electron chi connectivity index (χ0n) is 18.0. The number of nitrogens with zero attached hydrogens (tertiary/aromatic N) is 3. The van der Waals surface area contributed by atoms with Crippen LogP contribution in [0.25, 0.3) is 11.0 Å². The zero-order chi connectivity index (χ0) is 22.0. The quantitative estimate of drug-likeness (QED) is 0.464. The second kappa shape index (κ2) is 8.47. The summed E-state index contributed by atoms with van der Waals surface area (Å²) >= 11 is 0. The topological polar surface area (TPSA) is 81.1 Å². The summed E-state index contributed by atoms with van der Waals surface area (Å²) in [5.74, 6) is 2.15. The molecule has 2 aromatic heterocycles. The van der Waals surface area contributed by atoms with E-state index in [4.69, 9.17) is 9.72 Å². The van der Waals surface area contributed by atoms with Gasteiger partial charge >= 0.3 is 0 Å². The van der Waals surface area contributed by atoms with Crippen molar-refractivity contribution in [2.75, 3.05) is 12.4 Å². The maximum absolute atomic E-state index is 11.8. The van der Waals surface area contributed by atoms with Crippen LogP contribution in [0.3, 0.4) is 0 Å². The molecule has 0 fully saturated rings. The molecule has 0 aliphatic carbocycles. The minimum Gasteiger partial charge on any atom is -0.457 e. The number of benzene rings is 2. The van der Waals surface area contributed by atoms with Gasteiger partial charge in [0.05, 0.1) is 11.0 Å². The summed E-state index contributed by atoms with van der Waals surface area (Å²) in [6.45, 7) is 4.36. The predicted molar refractivity (Wildman–Crippen MR) is 122 cm³/mol. The van der Waals surface area contributed by atoms with Crippen LogP contribution in [-0.2, 0) is 7.05 Å². The van der Waals surface area contributed by atoms with E-state index in [9.17, 15) is 4.79 Å². The summed E-state index contributed by atoms with van der Waals surface area (Å²) in [6, 6.07) is 17.4. The molecule has 1 amide bonds. The van der Waals surface area contributed by atoms with E-state index < -0.39 is 0 Å². The van der Waals surface area contributed by atoms with Gasteiger partial charge in [0.1, 0.15) is 17.2 Å². The van der Waals surface area contributed by atoms with Crippen LogP contribution in [0.4, 0.5) is 11.6 Å². The summed E-state index contributed by atoms with van der Waals surface area (Å²) in [5, 5.41) is 5.94. The highest BCUT2D eigenvalue weighted by molar-refractivity contribution is 5.92. The molecule has 7 heteroatoms. The maximum Gasteiger partial charge on any atom is 0.269 e. The van der Waals surface area contributed by atoms with Gasteiger partial charge in [-0.3, -0.25) is 9.78 Å².